The van der Waals surface area contributed by atoms with E-state index in [-0.39, 0.29) is 0 Å². The van der Waals surface area contributed by atoms with Crippen molar-refractivity contribution in [3.63, 3.8) is 0 Å². The van der Waals surface area contributed by atoms with Gasteiger partial charge in [0.2, 0.25) is 11.8 Å². The number of aliphatic carboxylic acids is 1. The lowest BCUT2D eigenvalue weighted by molar-refractivity contribution is -0.147. The standard InChI is InChI=1S/C26H23ClN2O5/c1-13-8-9-14(12-18(13)27)29-23(30)20-21(24(29)31)26(2,25(32)33)28-22(20)17-10-11-19(34-3)16-7-5-4-6-15(16)17/h4-12,20-22,28H,1-3H3,(H,32,33). The smallest absolute Gasteiger partial charge is 0.324 e. The Balaban J connectivity index is 1.68. The molecule has 0 spiro atoms. The number of nitrogens with zero attached hydrogens (tertiary/aromatic N) is 1. The van der Waals surface area contributed by atoms with Crippen LogP contribution in [0.2, 0.25) is 5.02 Å². The summed E-state index contributed by atoms with van der Waals surface area (Å²) in [5.74, 6) is -3.49. The van der Waals surface area contributed by atoms with Crippen LogP contribution in [0.25, 0.3) is 10.8 Å². The highest BCUT2D eigenvalue weighted by atomic mass is 35.5. The van der Waals surface area contributed by atoms with Gasteiger partial charge in [0.1, 0.15) is 11.3 Å². The third kappa shape index (κ3) is 3.04. The van der Waals surface area contributed by atoms with Gasteiger partial charge in [-0.15, -0.1) is 0 Å². The van der Waals surface area contributed by atoms with Crippen LogP contribution >= 0.6 is 11.6 Å². The number of rotatable bonds is 4. The zero-order chi connectivity index (χ0) is 24.4. The molecule has 0 saturated carbocycles. The summed E-state index contributed by atoms with van der Waals surface area (Å²) in [4.78, 5) is 40.8. The fourth-order valence-corrected chi connectivity index (χ4v) is 5.50. The van der Waals surface area contributed by atoms with Gasteiger partial charge in [-0.3, -0.25) is 19.7 Å². The second kappa shape index (κ2) is 7.82. The number of ether oxygens (including phenoxy) is 1. The summed E-state index contributed by atoms with van der Waals surface area (Å²) in [6.07, 6.45) is 0. The lowest BCUT2D eigenvalue weighted by Crippen LogP contribution is -2.53. The lowest BCUT2D eigenvalue weighted by atomic mass is 9.80. The fourth-order valence-electron chi connectivity index (χ4n) is 5.32. The van der Waals surface area contributed by atoms with Gasteiger partial charge in [-0.1, -0.05) is 48.0 Å². The summed E-state index contributed by atoms with van der Waals surface area (Å²) in [5.41, 5.74) is 0.253. The zero-order valence-electron chi connectivity index (χ0n) is 18.8. The number of nitrogens with one attached hydrogen (secondary N) is 1. The Morgan fingerprint density at radius 3 is 2.44 bits per heavy atom. The van der Waals surface area contributed by atoms with Gasteiger partial charge in [0.15, 0.2) is 0 Å². The van der Waals surface area contributed by atoms with E-state index in [1.165, 1.54) is 6.92 Å². The normalized spacial score (nSPS) is 26.2. The number of hydrogen-bond donors (Lipinski definition) is 2. The quantitative estimate of drug-likeness (QED) is 0.548. The van der Waals surface area contributed by atoms with Crippen molar-refractivity contribution >= 4 is 45.8 Å². The number of carboxylic acids is 1. The maximum Gasteiger partial charge on any atom is 0.324 e. The topological polar surface area (TPSA) is 95.9 Å². The Morgan fingerprint density at radius 1 is 1.09 bits per heavy atom. The molecule has 0 aliphatic carbocycles. The average molecular weight is 479 g/mol. The number of benzene rings is 3. The van der Waals surface area contributed by atoms with Gasteiger partial charge in [-0.05, 0) is 48.6 Å². The van der Waals surface area contributed by atoms with E-state index in [1.54, 1.807) is 31.4 Å². The van der Waals surface area contributed by atoms with E-state index in [2.05, 4.69) is 5.32 Å². The molecule has 8 heteroatoms. The summed E-state index contributed by atoms with van der Waals surface area (Å²) in [7, 11) is 1.58. The number of aryl methyl sites for hydroxylation is 1. The van der Waals surface area contributed by atoms with Crippen molar-refractivity contribution in [3.05, 3.63) is 70.7 Å². The maximum absolute atomic E-state index is 13.8. The molecule has 5 rings (SSSR count). The summed E-state index contributed by atoms with van der Waals surface area (Å²) < 4.78 is 5.49. The van der Waals surface area contributed by atoms with Crippen LogP contribution in [-0.4, -0.2) is 35.5 Å². The number of hydrogen-bond acceptors (Lipinski definition) is 5. The third-order valence-electron chi connectivity index (χ3n) is 7.12. The van der Waals surface area contributed by atoms with Crippen molar-refractivity contribution in [3.8, 4) is 5.75 Å². The van der Waals surface area contributed by atoms with Gasteiger partial charge in [-0.25, -0.2) is 4.90 Å². The summed E-state index contributed by atoms with van der Waals surface area (Å²) in [6.45, 7) is 3.29. The SMILES string of the molecule is COc1ccc(C2NC(C)(C(=O)O)C3C(=O)N(c4ccc(C)c(Cl)c4)C(=O)C23)c2ccccc12. The molecule has 2 N–H and O–H groups in total. The minimum Gasteiger partial charge on any atom is -0.496 e. The Hall–Kier alpha value is -3.42. The Kier molecular flexibility index (Phi) is 5.15. The van der Waals surface area contributed by atoms with Gasteiger partial charge < -0.3 is 9.84 Å². The van der Waals surface area contributed by atoms with Crippen LogP contribution in [-0.2, 0) is 14.4 Å². The average Bonchev–Trinajstić information content (AvgIpc) is 3.28. The van der Waals surface area contributed by atoms with Crippen LogP contribution in [0.15, 0.2) is 54.6 Å². The fraction of sp³-hybridized carbons (Fsp3) is 0.269. The predicted molar refractivity (Wildman–Crippen MR) is 128 cm³/mol. The number of carboxylic acid groups (broad SMARTS) is 1. The van der Waals surface area contributed by atoms with Crippen LogP contribution in [0.1, 0.15) is 24.1 Å². The minimum absolute atomic E-state index is 0.339. The van der Waals surface area contributed by atoms with E-state index >= 15 is 0 Å². The highest BCUT2D eigenvalue weighted by Gasteiger charge is 2.67. The number of anilines is 1. The summed E-state index contributed by atoms with van der Waals surface area (Å²) in [6, 6.07) is 15.4. The van der Waals surface area contributed by atoms with Gasteiger partial charge in [0.25, 0.3) is 0 Å². The lowest BCUT2D eigenvalue weighted by Gasteiger charge is -2.28. The number of carbonyl (C=O) groups is 3. The second-order valence-corrected chi connectivity index (χ2v) is 9.39. The van der Waals surface area contributed by atoms with Crippen molar-refractivity contribution in [1.29, 1.82) is 0 Å². The maximum atomic E-state index is 13.8. The third-order valence-corrected chi connectivity index (χ3v) is 7.53. The predicted octanol–water partition coefficient (Wildman–Crippen LogP) is 4.10. The highest BCUT2D eigenvalue weighted by Crippen LogP contribution is 2.51. The Bertz CT molecular complexity index is 1370. The van der Waals surface area contributed by atoms with E-state index in [4.69, 9.17) is 16.3 Å². The number of methoxy groups -OCH3 is 1. The molecule has 3 aromatic rings. The molecule has 4 unspecified atom stereocenters. The van der Waals surface area contributed by atoms with Crippen molar-refractivity contribution in [2.24, 2.45) is 11.8 Å². The van der Waals surface area contributed by atoms with Gasteiger partial charge in [0, 0.05) is 16.5 Å². The largest absolute Gasteiger partial charge is 0.496 e. The Morgan fingerprint density at radius 2 is 1.79 bits per heavy atom. The van der Waals surface area contributed by atoms with E-state index in [9.17, 15) is 19.5 Å². The van der Waals surface area contributed by atoms with Crippen molar-refractivity contribution < 1.29 is 24.2 Å². The van der Waals surface area contributed by atoms with E-state index in [0.717, 1.165) is 26.8 Å². The van der Waals surface area contributed by atoms with Crippen LogP contribution in [0.3, 0.4) is 0 Å². The first-order valence-electron chi connectivity index (χ1n) is 10.9. The second-order valence-electron chi connectivity index (χ2n) is 8.98. The van der Waals surface area contributed by atoms with Crippen molar-refractivity contribution in [2.75, 3.05) is 12.0 Å². The van der Waals surface area contributed by atoms with Gasteiger partial charge >= 0.3 is 5.97 Å². The summed E-state index contributed by atoms with van der Waals surface area (Å²) >= 11 is 6.27. The number of halogens is 1. The van der Waals surface area contributed by atoms with Crippen molar-refractivity contribution in [1.82, 2.24) is 5.32 Å². The number of fused-ring (bicyclic) bond motifs is 2. The Labute approximate surface area is 201 Å². The molecule has 2 aliphatic heterocycles. The molecule has 0 aromatic heterocycles. The first-order chi connectivity index (χ1) is 16.2. The molecular weight excluding hydrogens is 456 g/mol. The molecule has 2 amide bonds. The molecule has 0 radical (unpaired) electrons. The first-order valence-corrected chi connectivity index (χ1v) is 11.3. The molecule has 7 nitrogen and oxygen atoms in total. The minimum atomic E-state index is -1.63. The molecule has 2 aliphatic rings. The highest BCUT2D eigenvalue weighted by molar-refractivity contribution is 6.32. The molecule has 3 aromatic carbocycles. The van der Waals surface area contributed by atoms with Gasteiger partial charge in [-0.2, -0.15) is 0 Å². The number of amides is 2. The molecule has 34 heavy (non-hydrogen) atoms. The molecule has 2 heterocycles. The summed E-state index contributed by atoms with van der Waals surface area (Å²) in [5, 5.41) is 15.4. The molecule has 2 saturated heterocycles. The van der Waals surface area contributed by atoms with E-state index < -0.39 is 41.2 Å². The van der Waals surface area contributed by atoms with Crippen LogP contribution < -0.4 is 15.0 Å². The monoisotopic (exact) mass is 478 g/mol. The van der Waals surface area contributed by atoms with Crippen LogP contribution in [0.4, 0.5) is 5.69 Å². The van der Waals surface area contributed by atoms with Crippen molar-refractivity contribution in [2.45, 2.75) is 25.4 Å². The van der Waals surface area contributed by atoms with Crippen LogP contribution in [0, 0.1) is 18.8 Å². The molecule has 2 fully saturated rings. The molecule has 174 valence electrons. The molecule has 4 atom stereocenters. The first kappa shape index (κ1) is 22.4. The van der Waals surface area contributed by atoms with Gasteiger partial charge in [0.05, 0.1) is 24.6 Å². The molecular formula is C26H23ClN2O5. The van der Waals surface area contributed by atoms with E-state index in [0.29, 0.717) is 16.5 Å². The number of carbonyl (C=O) groups excluding carboxylic acids is 2. The van der Waals surface area contributed by atoms with E-state index in [1.807, 2.05) is 37.3 Å². The number of imide groups is 1. The zero-order valence-corrected chi connectivity index (χ0v) is 19.6. The van der Waals surface area contributed by atoms with Crippen LogP contribution in [0.5, 0.6) is 5.75 Å². The molecule has 0 bridgehead atoms.